The highest BCUT2D eigenvalue weighted by molar-refractivity contribution is 5.84. The fourth-order valence-electron chi connectivity index (χ4n) is 2.22. The molecule has 4 nitrogen and oxygen atoms in total. The first kappa shape index (κ1) is 10.3. The third kappa shape index (κ3) is 1.52. The van der Waals surface area contributed by atoms with Gasteiger partial charge in [0.05, 0.1) is 5.52 Å². The van der Waals surface area contributed by atoms with Gasteiger partial charge in [0.2, 0.25) is 0 Å². The number of hydrogen-bond acceptors (Lipinski definition) is 3. The molecule has 0 aliphatic heterocycles. The summed E-state index contributed by atoms with van der Waals surface area (Å²) in [5, 5.41) is 0. The summed E-state index contributed by atoms with van der Waals surface area (Å²) in [6.07, 6.45) is 3.21. The lowest BCUT2D eigenvalue weighted by Gasteiger charge is -2.16. The van der Waals surface area contributed by atoms with E-state index in [-0.39, 0.29) is 0 Å². The number of aromatic nitrogens is 2. The monoisotopic (exact) mass is 229 g/mol. The van der Waals surface area contributed by atoms with Gasteiger partial charge in [-0.2, -0.15) is 0 Å². The van der Waals surface area contributed by atoms with Crippen LogP contribution in [-0.2, 0) is 0 Å². The minimum atomic E-state index is 0.525. The molecule has 1 aliphatic carbocycles. The molecule has 0 N–H and O–H groups in total. The van der Waals surface area contributed by atoms with Gasteiger partial charge in [0.1, 0.15) is 17.3 Å². The number of aldehydes is 1. The van der Waals surface area contributed by atoms with Crippen molar-refractivity contribution in [1.29, 1.82) is 0 Å². The van der Waals surface area contributed by atoms with Gasteiger partial charge >= 0.3 is 0 Å². The van der Waals surface area contributed by atoms with E-state index in [0.717, 1.165) is 23.4 Å². The molecule has 0 aromatic carbocycles. The molecule has 4 heteroatoms. The molecule has 0 radical (unpaired) electrons. The molecular formula is C13H15N3O. The van der Waals surface area contributed by atoms with Crippen molar-refractivity contribution in [2.24, 2.45) is 0 Å². The standard InChI is InChI=1S/C13H15N3O/c1-15(2)12-5-3-4-11-10(8-17)14-13(16(11)12)9-6-7-9/h3-5,8-9H,6-7H2,1-2H3. The van der Waals surface area contributed by atoms with Crippen molar-refractivity contribution in [1.82, 2.24) is 9.38 Å². The van der Waals surface area contributed by atoms with Crippen LogP contribution in [0, 0.1) is 0 Å². The van der Waals surface area contributed by atoms with Crippen LogP contribution < -0.4 is 4.90 Å². The molecule has 0 bridgehead atoms. The van der Waals surface area contributed by atoms with Crippen molar-refractivity contribution in [2.45, 2.75) is 18.8 Å². The molecule has 1 aliphatic rings. The Bertz CT molecular complexity index is 582. The van der Waals surface area contributed by atoms with Crippen molar-refractivity contribution in [3.8, 4) is 0 Å². The smallest absolute Gasteiger partial charge is 0.170 e. The van der Waals surface area contributed by atoms with Crippen LogP contribution in [0.5, 0.6) is 0 Å². The molecule has 1 saturated carbocycles. The zero-order valence-corrected chi connectivity index (χ0v) is 10.1. The zero-order chi connectivity index (χ0) is 12.0. The van der Waals surface area contributed by atoms with E-state index >= 15 is 0 Å². The number of anilines is 1. The Labute approximate surface area is 99.9 Å². The molecule has 0 spiro atoms. The van der Waals surface area contributed by atoms with Crippen molar-refractivity contribution in [2.75, 3.05) is 19.0 Å². The van der Waals surface area contributed by atoms with Gasteiger partial charge in [-0.1, -0.05) is 6.07 Å². The van der Waals surface area contributed by atoms with E-state index in [1.165, 1.54) is 12.8 Å². The van der Waals surface area contributed by atoms with Gasteiger partial charge in [0.15, 0.2) is 6.29 Å². The van der Waals surface area contributed by atoms with Crippen LogP contribution in [0.2, 0.25) is 0 Å². The third-order valence-electron chi connectivity index (χ3n) is 3.21. The maximum atomic E-state index is 11.1. The fourth-order valence-corrected chi connectivity index (χ4v) is 2.22. The topological polar surface area (TPSA) is 37.6 Å². The fraction of sp³-hybridized carbons (Fsp3) is 0.385. The first-order valence-corrected chi connectivity index (χ1v) is 5.86. The maximum absolute atomic E-state index is 11.1. The van der Waals surface area contributed by atoms with Gasteiger partial charge in [0, 0.05) is 20.0 Å². The Kier molecular flexibility index (Phi) is 2.18. The lowest BCUT2D eigenvalue weighted by atomic mass is 10.3. The Morgan fingerprint density at radius 3 is 2.76 bits per heavy atom. The summed E-state index contributed by atoms with van der Waals surface area (Å²) >= 11 is 0. The van der Waals surface area contributed by atoms with E-state index in [9.17, 15) is 4.79 Å². The van der Waals surface area contributed by atoms with Gasteiger partial charge in [-0.05, 0) is 25.0 Å². The summed E-state index contributed by atoms with van der Waals surface area (Å²) in [6.45, 7) is 0. The lowest BCUT2D eigenvalue weighted by Crippen LogP contribution is -2.13. The van der Waals surface area contributed by atoms with Crippen LogP contribution >= 0.6 is 0 Å². The van der Waals surface area contributed by atoms with Crippen LogP contribution in [0.15, 0.2) is 18.2 Å². The number of hydrogen-bond donors (Lipinski definition) is 0. The Morgan fingerprint density at radius 1 is 1.41 bits per heavy atom. The van der Waals surface area contributed by atoms with E-state index < -0.39 is 0 Å². The van der Waals surface area contributed by atoms with Gasteiger partial charge < -0.3 is 4.90 Å². The average Bonchev–Trinajstić information content (AvgIpc) is 3.09. The molecular weight excluding hydrogens is 214 g/mol. The predicted molar refractivity (Wildman–Crippen MR) is 66.9 cm³/mol. The van der Waals surface area contributed by atoms with Gasteiger partial charge in [-0.3, -0.25) is 9.20 Å². The highest BCUT2D eigenvalue weighted by atomic mass is 16.1. The molecule has 3 rings (SSSR count). The van der Waals surface area contributed by atoms with Crippen molar-refractivity contribution in [3.63, 3.8) is 0 Å². The Balaban J connectivity index is 2.35. The van der Waals surface area contributed by atoms with Crippen LogP contribution in [-0.4, -0.2) is 29.8 Å². The molecule has 0 unspecified atom stereocenters. The van der Waals surface area contributed by atoms with E-state index in [1.807, 2.05) is 26.2 Å². The van der Waals surface area contributed by atoms with Crippen LogP contribution in [0.3, 0.4) is 0 Å². The number of imidazole rings is 1. The average molecular weight is 229 g/mol. The largest absolute Gasteiger partial charge is 0.364 e. The second-order valence-electron chi connectivity index (χ2n) is 4.75. The van der Waals surface area contributed by atoms with Crippen LogP contribution in [0.1, 0.15) is 35.1 Å². The van der Waals surface area contributed by atoms with Crippen molar-refractivity contribution < 1.29 is 4.79 Å². The molecule has 0 saturated heterocycles. The second-order valence-corrected chi connectivity index (χ2v) is 4.75. The number of nitrogens with zero attached hydrogens (tertiary/aromatic N) is 3. The highest BCUT2D eigenvalue weighted by Gasteiger charge is 2.30. The number of carbonyl (C=O) groups excluding carboxylic acids is 1. The molecule has 17 heavy (non-hydrogen) atoms. The summed E-state index contributed by atoms with van der Waals surface area (Å²) in [5.41, 5.74) is 1.46. The molecule has 2 aromatic heterocycles. The van der Waals surface area contributed by atoms with E-state index in [1.54, 1.807) is 0 Å². The van der Waals surface area contributed by atoms with Crippen LogP contribution in [0.4, 0.5) is 5.82 Å². The highest BCUT2D eigenvalue weighted by Crippen LogP contribution is 2.41. The summed E-state index contributed by atoms with van der Waals surface area (Å²) in [7, 11) is 4.01. The quantitative estimate of drug-likeness (QED) is 0.756. The first-order chi connectivity index (χ1) is 8.22. The summed E-state index contributed by atoms with van der Waals surface area (Å²) in [6, 6.07) is 5.97. The number of rotatable bonds is 3. The van der Waals surface area contributed by atoms with Gasteiger partial charge in [-0.15, -0.1) is 0 Å². The minimum Gasteiger partial charge on any atom is -0.364 e. The second kappa shape index (κ2) is 3.58. The summed E-state index contributed by atoms with van der Waals surface area (Å²) in [5.74, 6) is 2.63. The maximum Gasteiger partial charge on any atom is 0.170 e. The van der Waals surface area contributed by atoms with Crippen molar-refractivity contribution >= 4 is 17.6 Å². The normalized spacial score (nSPS) is 15.2. The van der Waals surface area contributed by atoms with E-state index in [2.05, 4.69) is 20.4 Å². The van der Waals surface area contributed by atoms with E-state index in [4.69, 9.17) is 0 Å². The molecule has 88 valence electrons. The SMILES string of the molecule is CN(C)c1cccc2c(C=O)nc(C3CC3)n12. The third-order valence-corrected chi connectivity index (χ3v) is 3.21. The molecule has 2 aromatic rings. The lowest BCUT2D eigenvalue weighted by molar-refractivity contribution is 0.112. The predicted octanol–water partition coefficient (Wildman–Crippen LogP) is 2.09. The number of pyridine rings is 1. The molecule has 1 fully saturated rings. The Morgan fingerprint density at radius 2 is 2.18 bits per heavy atom. The van der Waals surface area contributed by atoms with Gasteiger partial charge in [-0.25, -0.2) is 4.98 Å². The molecule has 0 amide bonds. The molecule has 0 atom stereocenters. The van der Waals surface area contributed by atoms with E-state index in [0.29, 0.717) is 11.6 Å². The zero-order valence-electron chi connectivity index (χ0n) is 10.1. The summed E-state index contributed by atoms with van der Waals surface area (Å²) < 4.78 is 2.11. The number of fused-ring (bicyclic) bond motifs is 1. The number of carbonyl (C=O) groups is 1. The minimum absolute atomic E-state index is 0.525. The molecule has 2 heterocycles. The van der Waals surface area contributed by atoms with Crippen molar-refractivity contribution in [3.05, 3.63) is 29.7 Å². The summed E-state index contributed by atoms with van der Waals surface area (Å²) in [4.78, 5) is 17.6. The Hall–Kier alpha value is -1.84. The first-order valence-electron chi connectivity index (χ1n) is 5.86. The van der Waals surface area contributed by atoms with Crippen LogP contribution in [0.25, 0.3) is 5.52 Å². The van der Waals surface area contributed by atoms with Gasteiger partial charge in [0.25, 0.3) is 0 Å².